The predicted octanol–water partition coefficient (Wildman–Crippen LogP) is 5.25. The van der Waals surface area contributed by atoms with Crippen LogP contribution < -0.4 is 25.8 Å². The van der Waals surface area contributed by atoms with Crippen LogP contribution >= 0.6 is 22.9 Å². The Hall–Kier alpha value is -5.12. The van der Waals surface area contributed by atoms with Crippen molar-refractivity contribution in [2.24, 2.45) is 0 Å². The van der Waals surface area contributed by atoms with Crippen molar-refractivity contribution in [2.75, 3.05) is 53.2 Å². The molecule has 4 aromatic rings. The second-order valence-electron chi connectivity index (χ2n) is 15.8. The van der Waals surface area contributed by atoms with Gasteiger partial charge >= 0.3 is 0 Å². The molecular formula is C41H45ClN10O4S. The van der Waals surface area contributed by atoms with E-state index in [2.05, 4.69) is 57.7 Å². The number of amides is 4. The molecule has 5 fully saturated rings. The highest BCUT2D eigenvalue weighted by Crippen LogP contribution is 2.38. The van der Waals surface area contributed by atoms with Crippen LogP contribution in [0.1, 0.15) is 71.1 Å². The van der Waals surface area contributed by atoms with Gasteiger partial charge in [0.1, 0.15) is 22.3 Å². The number of hydrogen-bond acceptors (Lipinski definition) is 12. The first-order chi connectivity index (χ1) is 27.6. The Morgan fingerprint density at radius 2 is 1.74 bits per heavy atom. The number of imide groups is 1. The van der Waals surface area contributed by atoms with Gasteiger partial charge in [0, 0.05) is 68.9 Å². The third kappa shape index (κ3) is 7.55. The average molecular weight is 809 g/mol. The molecule has 57 heavy (non-hydrogen) atoms. The van der Waals surface area contributed by atoms with Crippen molar-refractivity contribution in [3.8, 4) is 0 Å². The fourth-order valence-corrected chi connectivity index (χ4v) is 10.3. The fourth-order valence-electron chi connectivity index (χ4n) is 9.35. The zero-order chi connectivity index (χ0) is 39.4. The number of nitrogens with zero attached hydrogens (tertiary/aromatic N) is 7. The molecule has 0 radical (unpaired) electrons. The molecule has 5 atom stereocenters. The SMILES string of the molecule is Cc1nc(Nc2ncc(C(=O)Nc3c(C)cccc3Cl)s2)cc(N2C[C@H]3C[C@@H]2CN3CCCC(=O)N2CC3CC2CN3c2ccc(C3CCC(=O)NC3=O)cc2)n1. The van der Waals surface area contributed by atoms with Gasteiger partial charge in [0.05, 0.1) is 28.9 Å². The second kappa shape index (κ2) is 15.3. The van der Waals surface area contributed by atoms with E-state index in [0.29, 0.717) is 69.7 Å². The fraction of sp³-hybridized carbons (Fsp3) is 0.439. The Morgan fingerprint density at radius 1 is 0.947 bits per heavy atom. The minimum atomic E-state index is -0.284. The molecule has 3 N–H and O–H groups in total. The topological polar surface area (TPSA) is 156 Å². The Bertz CT molecular complexity index is 2210. The lowest BCUT2D eigenvalue weighted by Gasteiger charge is -2.36. The van der Waals surface area contributed by atoms with Crippen LogP contribution in [0.4, 0.5) is 28.1 Å². The molecule has 7 heterocycles. The van der Waals surface area contributed by atoms with Crippen LogP contribution in [0.25, 0.3) is 0 Å². The van der Waals surface area contributed by atoms with E-state index < -0.39 is 0 Å². The van der Waals surface area contributed by atoms with Gasteiger partial charge in [-0.15, -0.1) is 0 Å². The number of carbonyl (C=O) groups excluding carboxylic acids is 4. The van der Waals surface area contributed by atoms with Crippen molar-refractivity contribution in [3.63, 3.8) is 0 Å². The van der Waals surface area contributed by atoms with E-state index in [0.717, 1.165) is 74.6 Å². The third-order valence-corrected chi connectivity index (χ3v) is 13.4. The van der Waals surface area contributed by atoms with Crippen LogP contribution in [0, 0.1) is 13.8 Å². The number of piperidine rings is 1. The Balaban J connectivity index is 0.734. The standard InChI is InChI=1S/C41H45ClN10O4S/c1-23-5-3-6-32(42)38(23)48-40(56)33-18-43-41(57-33)46-34-17-35(45-24(2)44-34)51-20-27-15-28(51)19-49(27)14-4-7-37(54)52-22-29-16-30(52)21-50(29)26-10-8-25(9-11-26)31-12-13-36(53)47-39(31)55/h3,5-6,8-11,17-18,27-31H,4,7,12-16,19-22H2,1-2H3,(H,48,56)(H,47,53,55)(H,43,44,45,46)/t27-,28-,29?,30?,31?/m1/s1. The molecule has 0 saturated carbocycles. The van der Waals surface area contributed by atoms with Crippen molar-refractivity contribution in [3.05, 3.63) is 81.6 Å². The number of thiazole rings is 1. The van der Waals surface area contributed by atoms with Gasteiger partial charge in [-0.1, -0.05) is 47.2 Å². The van der Waals surface area contributed by atoms with E-state index >= 15 is 0 Å². The second-order valence-corrected chi connectivity index (χ2v) is 17.3. The zero-order valence-corrected chi connectivity index (χ0v) is 33.5. The minimum Gasteiger partial charge on any atom is -0.365 e. The van der Waals surface area contributed by atoms with Crippen LogP contribution in [0.15, 0.2) is 54.7 Å². The maximum absolute atomic E-state index is 13.4. The van der Waals surface area contributed by atoms with E-state index in [-0.39, 0.29) is 35.6 Å². The number of aromatic nitrogens is 3. The Kier molecular flexibility index (Phi) is 10.1. The third-order valence-electron chi connectivity index (χ3n) is 12.2. The van der Waals surface area contributed by atoms with Crippen LogP contribution in [-0.4, -0.2) is 105 Å². The zero-order valence-electron chi connectivity index (χ0n) is 31.9. The van der Waals surface area contributed by atoms with Crippen molar-refractivity contribution in [1.82, 2.24) is 30.1 Å². The molecule has 5 aliphatic heterocycles. The van der Waals surface area contributed by atoms with Crippen molar-refractivity contribution in [1.29, 1.82) is 0 Å². The molecule has 2 aromatic carbocycles. The Morgan fingerprint density at radius 3 is 2.47 bits per heavy atom. The summed E-state index contributed by atoms with van der Waals surface area (Å²) in [6, 6.07) is 16.9. The molecule has 9 rings (SSSR count). The number of halogens is 1. The molecule has 3 unspecified atom stereocenters. The number of rotatable bonds is 11. The number of likely N-dealkylation sites (tertiary alicyclic amines) is 2. The molecule has 4 amide bonds. The normalized spacial score (nSPS) is 24.1. The van der Waals surface area contributed by atoms with E-state index in [1.54, 1.807) is 12.3 Å². The summed E-state index contributed by atoms with van der Waals surface area (Å²) >= 11 is 7.55. The maximum Gasteiger partial charge on any atom is 0.267 e. The van der Waals surface area contributed by atoms with Crippen LogP contribution in [0.2, 0.25) is 5.02 Å². The minimum absolute atomic E-state index is 0.200. The van der Waals surface area contributed by atoms with E-state index in [1.165, 1.54) is 11.3 Å². The van der Waals surface area contributed by atoms with Gasteiger partial charge in [0.25, 0.3) is 5.91 Å². The summed E-state index contributed by atoms with van der Waals surface area (Å²) in [5.41, 5.74) is 3.53. The number of hydrogen-bond donors (Lipinski definition) is 3. The highest BCUT2D eigenvalue weighted by molar-refractivity contribution is 7.17. The number of aryl methyl sites for hydroxylation is 2. The van der Waals surface area contributed by atoms with Crippen LogP contribution in [0.5, 0.6) is 0 Å². The molecule has 296 valence electrons. The van der Waals surface area contributed by atoms with Crippen molar-refractivity contribution in [2.45, 2.75) is 82.5 Å². The molecule has 4 bridgehead atoms. The van der Waals surface area contributed by atoms with Crippen molar-refractivity contribution < 1.29 is 19.2 Å². The summed E-state index contributed by atoms with van der Waals surface area (Å²) in [6.45, 7) is 8.06. The lowest BCUT2D eigenvalue weighted by molar-refractivity contribution is -0.134. The lowest BCUT2D eigenvalue weighted by Crippen LogP contribution is -2.49. The summed E-state index contributed by atoms with van der Waals surface area (Å²) in [4.78, 5) is 73.9. The first-order valence-corrected chi connectivity index (χ1v) is 20.9. The van der Waals surface area contributed by atoms with Gasteiger partial charge in [-0.2, -0.15) is 0 Å². The summed E-state index contributed by atoms with van der Waals surface area (Å²) in [7, 11) is 0. The van der Waals surface area contributed by atoms with E-state index in [9.17, 15) is 19.2 Å². The van der Waals surface area contributed by atoms with Gasteiger partial charge in [-0.25, -0.2) is 15.0 Å². The first-order valence-electron chi connectivity index (χ1n) is 19.7. The van der Waals surface area contributed by atoms with Crippen LogP contribution in [-0.2, 0) is 14.4 Å². The van der Waals surface area contributed by atoms with Gasteiger partial charge < -0.3 is 25.3 Å². The van der Waals surface area contributed by atoms with Gasteiger partial charge in [-0.05, 0) is 75.4 Å². The predicted molar refractivity (Wildman–Crippen MR) is 219 cm³/mol. The number of para-hydroxylation sites is 1. The lowest BCUT2D eigenvalue weighted by atomic mass is 9.90. The number of nitrogens with one attached hydrogen (secondary N) is 3. The monoisotopic (exact) mass is 808 g/mol. The molecule has 16 heteroatoms. The molecular weight excluding hydrogens is 764 g/mol. The molecule has 5 aliphatic rings. The maximum atomic E-state index is 13.4. The first kappa shape index (κ1) is 37.5. The van der Waals surface area contributed by atoms with Gasteiger partial charge in [0.15, 0.2) is 5.13 Å². The molecule has 0 aliphatic carbocycles. The average Bonchev–Trinajstić information content (AvgIpc) is 4.04. The molecule has 5 saturated heterocycles. The number of carbonyl (C=O) groups is 4. The van der Waals surface area contributed by atoms with E-state index in [1.807, 2.05) is 44.2 Å². The Labute approximate surface area is 340 Å². The number of anilines is 5. The van der Waals surface area contributed by atoms with Crippen molar-refractivity contribution >= 4 is 74.7 Å². The van der Waals surface area contributed by atoms with E-state index in [4.69, 9.17) is 16.6 Å². The summed E-state index contributed by atoms with van der Waals surface area (Å²) in [5.74, 6) is 1.43. The van der Waals surface area contributed by atoms with Gasteiger partial charge in [0.2, 0.25) is 17.7 Å². The van der Waals surface area contributed by atoms with Gasteiger partial charge in [-0.3, -0.25) is 29.4 Å². The molecule has 14 nitrogen and oxygen atoms in total. The highest BCUT2D eigenvalue weighted by Gasteiger charge is 2.46. The highest BCUT2D eigenvalue weighted by atomic mass is 35.5. The number of piperazine rings is 2. The molecule has 2 aromatic heterocycles. The molecule has 0 spiro atoms. The summed E-state index contributed by atoms with van der Waals surface area (Å²) < 4.78 is 0. The largest absolute Gasteiger partial charge is 0.365 e. The quantitative estimate of drug-likeness (QED) is 0.170. The summed E-state index contributed by atoms with van der Waals surface area (Å²) in [6.07, 6.45) is 5.91. The van der Waals surface area contributed by atoms with Crippen LogP contribution in [0.3, 0.4) is 0 Å². The smallest absolute Gasteiger partial charge is 0.267 e. The number of benzene rings is 2. The summed E-state index contributed by atoms with van der Waals surface area (Å²) in [5, 5.41) is 9.67. The number of fused-ring (bicyclic) bond motifs is 4.